The molecule has 0 bridgehead atoms. The molecule has 3 rings (SSSR count). The van der Waals surface area contributed by atoms with Gasteiger partial charge in [0.1, 0.15) is 5.82 Å². The Morgan fingerprint density at radius 1 is 1.10 bits per heavy atom. The van der Waals surface area contributed by atoms with Crippen LogP contribution in [0.1, 0.15) is 33.5 Å². The van der Waals surface area contributed by atoms with Gasteiger partial charge in [-0.2, -0.15) is 13.2 Å². The Balaban J connectivity index is 1.60. The first kappa shape index (κ1) is 21.1. The fourth-order valence-corrected chi connectivity index (χ4v) is 2.80. The molecule has 0 saturated heterocycles. The summed E-state index contributed by atoms with van der Waals surface area (Å²) in [4.78, 5) is 32.5. The summed E-state index contributed by atoms with van der Waals surface area (Å²) in [5.74, 6) is -0.686. The van der Waals surface area contributed by atoms with Gasteiger partial charge >= 0.3 is 6.18 Å². The van der Waals surface area contributed by atoms with E-state index in [1.54, 1.807) is 18.2 Å². The highest BCUT2D eigenvalue weighted by molar-refractivity contribution is 6.00. The van der Waals surface area contributed by atoms with Crippen molar-refractivity contribution >= 4 is 22.8 Å². The second kappa shape index (κ2) is 8.39. The van der Waals surface area contributed by atoms with E-state index in [4.69, 9.17) is 0 Å². The van der Waals surface area contributed by atoms with Gasteiger partial charge in [-0.15, -0.1) is 0 Å². The topological polar surface area (TPSA) is 98.1 Å². The number of fused-ring (bicyclic) bond motifs is 1. The minimum Gasteiger partial charge on any atom is -0.468 e. The van der Waals surface area contributed by atoms with Gasteiger partial charge in [0.25, 0.3) is 11.8 Å². The van der Waals surface area contributed by atoms with E-state index in [9.17, 15) is 22.8 Å². The predicted octanol–water partition coefficient (Wildman–Crippen LogP) is 2.78. The number of imidazole rings is 1. The molecule has 0 radical (unpaired) electrons. The lowest BCUT2D eigenvalue weighted by atomic mass is 10.2. The molecule has 0 fully saturated rings. The summed E-state index contributed by atoms with van der Waals surface area (Å²) >= 11 is 0. The summed E-state index contributed by atoms with van der Waals surface area (Å²) in [5, 5.41) is 0. The number of amides is 2. The number of aryl methyl sites for hydroxylation is 2. The second-order valence-electron chi connectivity index (χ2n) is 6.30. The molecule has 2 amide bonds. The second-order valence-corrected chi connectivity index (χ2v) is 6.30. The van der Waals surface area contributed by atoms with Crippen LogP contribution in [0.4, 0.5) is 13.2 Å². The highest BCUT2D eigenvalue weighted by Gasteiger charge is 2.28. The highest BCUT2D eigenvalue weighted by atomic mass is 19.4. The van der Waals surface area contributed by atoms with Gasteiger partial charge in [-0.1, -0.05) is 0 Å². The number of aromatic nitrogens is 3. The fourth-order valence-electron chi connectivity index (χ4n) is 2.80. The molecule has 2 heterocycles. The van der Waals surface area contributed by atoms with E-state index < -0.39 is 24.6 Å². The van der Waals surface area contributed by atoms with E-state index in [0.29, 0.717) is 11.1 Å². The smallest absolute Gasteiger partial charge is 0.422 e. The number of nitrogens with one attached hydrogen (secondary N) is 2. The molecule has 2 N–H and O–H groups in total. The Kier molecular flexibility index (Phi) is 5.90. The van der Waals surface area contributed by atoms with Gasteiger partial charge < -0.3 is 9.30 Å². The molecule has 8 nitrogen and oxygen atoms in total. The lowest BCUT2D eigenvalue weighted by Crippen LogP contribution is -2.41. The average molecular weight is 421 g/mol. The number of pyridine rings is 1. The van der Waals surface area contributed by atoms with E-state index in [1.807, 2.05) is 18.4 Å². The van der Waals surface area contributed by atoms with Crippen LogP contribution in [0.15, 0.2) is 36.5 Å². The van der Waals surface area contributed by atoms with Gasteiger partial charge in [0.2, 0.25) is 5.88 Å². The molecule has 158 valence electrons. The number of hydrogen-bond donors (Lipinski definition) is 2. The third-order valence-corrected chi connectivity index (χ3v) is 4.19. The summed E-state index contributed by atoms with van der Waals surface area (Å²) in [5.41, 5.74) is 6.39. The summed E-state index contributed by atoms with van der Waals surface area (Å²) in [7, 11) is 0. The van der Waals surface area contributed by atoms with E-state index in [0.717, 1.165) is 30.1 Å². The Morgan fingerprint density at radius 2 is 1.77 bits per heavy atom. The zero-order chi connectivity index (χ0) is 21.9. The Labute approximate surface area is 169 Å². The van der Waals surface area contributed by atoms with Gasteiger partial charge in [0.05, 0.1) is 16.6 Å². The number of rotatable bonds is 5. The summed E-state index contributed by atoms with van der Waals surface area (Å²) in [6.45, 7) is 3.13. The summed E-state index contributed by atoms with van der Waals surface area (Å²) in [6.07, 6.45) is -3.45. The van der Waals surface area contributed by atoms with Crippen molar-refractivity contribution in [3.05, 3.63) is 53.5 Å². The maximum atomic E-state index is 12.3. The van der Waals surface area contributed by atoms with Crippen LogP contribution in [-0.4, -0.2) is 39.1 Å². The maximum absolute atomic E-state index is 12.3. The van der Waals surface area contributed by atoms with Crippen LogP contribution in [0.5, 0.6) is 5.88 Å². The van der Waals surface area contributed by atoms with E-state index in [2.05, 4.69) is 25.6 Å². The monoisotopic (exact) mass is 421 g/mol. The lowest BCUT2D eigenvalue weighted by molar-refractivity contribution is -0.154. The number of benzene rings is 1. The van der Waals surface area contributed by atoms with Gasteiger partial charge in [-0.05, 0) is 38.1 Å². The molecular formula is C19H18F3N5O3. The molecule has 0 aliphatic carbocycles. The third-order valence-electron chi connectivity index (χ3n) is 4.19. The first-order valence-electron chi connectivity index (χ1n) is 8.91. The quantitative estimate of drug-likeness (QED) is 0.618. The molecule has 11 heteroatoms. The normalized spacial score (nSPS) is 11.4. The number of hydrogen-bond acceptors (Lipinski definition) is 5. The van der Waals surface area contributed by atoms with Crippen LogP contribution in [0.2, 0.25) is 0 Å². The number of carbonyl (C=O) groups excluding carboxylic acids is 2. The first-order valence-corrected chi connectivity index (χ1v) is 8.91. The van der Waals surface area contributed by atoms with Crippen molar-refractivity contribution in [3.63, 3.8) is 0 Å². The van der Waals surface area contributed by atoms with Gasteiger partial charge in [-0.3, -0.25) is 20.4 Å². The molecule has 0 spiro atoms. The largest absolute Gasteiger partial charge is 0.468 e. The lowest BCUT2D eigenvalue weighted by Gasteiger charge is -2.09. The number of ether oxygens (including phenoxy) is 1. The third kappa shape index (κ3) is 4.85. The average Bonchev–Trinajstić information content (AvgIpc) is 3.04. The van der Waals surface area contributed by atoms with Crippen molar-refractivity contribution in [2.24, 2.45) is 0 Å². The van der Waals surface area contributed by atoms with E-state index in [1.165, 1.54) is 6.07 Å². The van der Waals surface area contributed by atoms with Gasteiger partial charge in [-0.25, -0.2) is 9.97 Å². The number of carbonyl (C=O) groups is 2. The zero-order valence-corrected chi connectivity index (χ0v) is 16.1. The van der Waals surface area contributed by atoms with Crippen LogP contribution in [0, 0.1) is 6.92 Å². The van der Waals surface area contributed by atoms with E-state index >= 15 is 0 Å². The summed E-state index contributed by atoms with van der Waals surface area (Å²) < 4.78 is 42.9. The van der Waals surface area contributed by atoms with Crippen molar-refractivity contribution in [1.82, 2.24) is 25.4 Å². The maximum Gasteiger partial charge on any atom is 0.422 e. The molecule has 30 heavy (non-hydrogen) atoms. The van der Waals surface area contributed by atoms with Crippen LogP contribution in [0.3, 0.4) is 0 Å². The van der Waals surface area contributed by atoms with Gasteiger partial charge in [0, 0.05) is 24.4 Å². The van der Waals surface area contributed by atoms with Crippen molar-refractivity contribution in [1.29, 1.82) is 0 Å². The molecule has 0 aliphatic heterocycles. The molecule has 1 aromatic carbocycles. The predicted molar refractivity (Wildman–Crippen MR) is 101 cm³/mol. The first-order chi connectivity index (χ1) is 14.2. The van der Waals surface area contributed by atoms with Crippen LogP contribution in [0.25, 0.3) is 11.0 Å². The molecule has 2 aromatic heterocycles. The highest BCUT2D eigenvalue weighted by Crippen LogP contribution is 2.18. The van der Waals surface area contributed by atoms with Crippen molar-refractivity contribution in [2.45, 2.75) is 26.6 Å². The van der Waals surface area contributed by atoms with Crippen LogP contribution >= 0.6 is 0 Å². The number of alkyl halides is 3. The van der Waals surface area contributed by atoms with Crippen LogP contribution in [-0.2, 0) is 6.54 Å². The molecule has 3 aromatic rings. The number of hydrazine groups is 1. The molecule has 0 unspecified atom stereocenters. The number of nitrogens with zero attached hydrogens (tertiary/aromatic N) is 3. The molecule has 0 aliphatic rings. The Hall–Kier alpha value is -3.63. The summed E-state index contributed by atoms with van der Waals surface area (Å²) in [6, 6.07) is 7.37. The van der Waals surface area contributed by atoms with Crippen molar-refractivity contribution < 1.29 is 27.5 Å². The fraction of sp³-hybridized carbons (Fsp3) is 0.263. The Morgan fingerprint density at radius 3 is 2.37 bits per heavy atom. The zero-order valence-electron chi connectivity index (χ0n) is 16.1. The minimum absolute atomic E-state index is 0.0300. The minimum atomic E-state index is -4.49. The number of halogens is 3. The SMILES string of the molecule is CCn1c(C)nc2cc(C(=O)NNC(=O)c3ccc(OCC(F)(F)F)nc3)ccc21. The molecule has 0 saturated carbocycles. The van der Waals surface area contributed by atoms with Crippen molar-refractivity contribution in [2.75, 3.05) is 6.61 Å². The molecule has 0 atom stereocenters. The van der Waals surface area contributed by atoms with E-state index in [-0.39, 0.29) is 11.4 Å². The Bertz CT molecular complexity index is 1080. The standard InChI is InChI=1S/C19H18F3N5O3/c1-3-27-11(2)24-14-8-12(4-6-15(14)27)17(28)25-26-18(29)13-5-7-16(23-9-13)30-10-19(20,21)22/h4-9H,3,10H2,1-2H3,(H,25,28)(H,26,29). The molecular weight excluding hydrogens is 403 g/mol. The van der Waals surface area contributed by atoms with Crippen LogP contribution < -0.4 is 15.6 Å². The van der Waals surface area contributed by atoms with Gasteiger partial charge in [0.15, 0.2) is 6.61 Å². The van der Waals surface area contributed by atoms with Crippen molar-refractivity contribution in [3.8, 4) is 5.88 Å².